The molecular formula is C13H12Cl2N2. The first kappa shape index (κ1) is 12.2. The average molecular weight is 267 g/mol. The van der Waals surface area contributed by atoms with E-state index in [1.165, 1.54) is 5.56 Å². The van der Waals surface area contributed by atoms with Crippen LogP contribution in [0.25, 0.3) is 0 Å². The Kier molecular flexibility index (Phi) is 3.87. The third-order valence-electron chi connectivity index (χ3n) is 2.42. The number of nitrogens with zero attached hydrogens (tertiary/aromatic N) is 2. The molecule has 2 rings (SSSR count). The Morgan fingerprint density at radius 2 is 1.76 bits per heavy atom. The quantitative estimate of drug-likeness (QED) is 0.780. The summed E-state index contributed by atoms with van der Waals surface area (Å²) in [7, 11) is 1.98. The van der Waals surface area contributed by atoms with Crippen molar-refractivity contribution in [1.82, 2.24) is 4.98 Å². The molecule has 2 aromatic rings. The summed E-state index contributed by atoms with van der Waals surface area (Å²) in [4.78, 5) is 6.29. The molecule has 1 aromatic carbocycles. The Morgan fingerprint density at radius 3 is 2.41 bits per heavy atom. The number of hydrogen-bond donors (Lipinski definition) is 0. The van der Waals surface area contributed by atoms with E-state index in [0.717, 1.165) is 17.4 Å². The zero-order valence-corrected chi connectivity index (χ0v) is 10.9. The summed E-state index contributed by atoms with van der Waals surface area (Å²) in [6.45, 7) is 0.768. The Labute approximate surface area is 111 Å². The fourth-order valence-electron chi connectivity index (χ4n) is 1.55. The van der Waals surface area contributed by atoms with Crippen LogP contribution in [-0.2, 0) is 6.54 Å². The number of benzene rings is 1. The molecule has 4 heteroatoms. The highest BCUT2D eigenvalue weighted by atomic mass is 35.5. The van der Waals surface area contributed by atoms with Crippen LogP contribution >= 0.6 is 23.2 Å². The topological polar surface area (TPSA) is 16.1 Å². The Balaban J connectivity index is 2.11. The maximum absolute atomic E-state index is 5.86. The molecule has 0 aliphatic heterocycles. The summed E-state index contributed by atoms with van der Waals surface area (Å²) in [6.07, 6.45) is 0. The van der Waals surface area contributed by atoms with Gasteiger partial charge in [0.25, 0.3) is 0 Å². The second kappa shape index (κ2) is 5.39. The van der Waals surface area contributed by atoms with Crippen LogP contribution in [0.5, 0.6) is 0 Å². The fraction of sp³-hybridized carbons (Fsp3) is 0.154. The van der Waals surface area contributed by atoms with Crippen LogP contribution in [0.1, 0.15) is 5.56 Å². The molecule has 0 unspecified atom stereocenters. The molecule has 0 saturated heterocycles. The highest BCUT2D eigenvalue weighted by Gasteiger charge is 2.03. The monoisotopic (exact) mass is 266 g/mol. The van der Waals surface area contributed by atoms with E-state index in [-0.39, 0.29) is 0 Å². The summed E-state index contributed by atoms with van der Waals surface area (Å²) in [5.41, 5.74) is 1.18. The Bertz CT molecular complexity index is 497. The number of hydrogen-bond acceptors (Lipinski definition) is 2. The van der Waals surface area contributed by atoms with Gasteiger partial charge in [-0.1, -0.05) is 41.4 Å². The minimum Gasteiger partial charge on any atom is -0.355 e. The summed E-state index contributed by atoms with van der Waals surface area (Å²) >= 11 is 11.7. The van der Waals surface area contributed by atoms with Gasteiger partial charge in [0.1, 0.15) is 11.0 Å². The normalized spacial score (nSPS) is 10.3. The number of halogens is 2. The van der Waals surface area contributed by atoms with E-state index >= 15 is 0 Å². The molecule has 17 heavy (non-hydrogen) atoms. The van der Waals surface area contributed by atoms with Gasteiger partial charge in [0.2, 0.25) is 0 Å². The molecule has 1 aromatic heterocycles. The molecular weight excluding hydrogens is 255 g/mol. The summed E-state index contributed by atoms with van der Waals surface area (Å²) < 4.78 is 0. The van der Waals surface area contributed by atoms with Gasteiger partial charge in [-0.2, -0.15) is 0 Å². The zero-order chi connectivity index (χ0) is 12.3. The molecule has 88 valence electrons. The van der Waals surface area contributed by atoms with Crippen molar-refractivity contribution < 1.29 is 0 Å². The first-order chi connectivity index (χ1) is 8.15. The minimum atomic E-state index is 0.505. The van der Waals surface area contributed by atoms with Gasteiger partial charge >= 0.3 is 0 Å². The molecule has 0 aliphatic rings. The molecule has 0 N–H and O–H groups in total. The van der Waals surface area contributed by atoms with Gasteiger partial charge in [0, 0.05) is 18.6 Å². The highest BCUT2D eigenvalue weighted by Crippen LogP contribution is 2.16. The van der Waals surface area contributed by atoms with E-state index < -0.39 is 0 Å². The number of pyridine rings is 1. The van der Waals surface area contributed by atoms with E-state index in [2.05, 4.69) is 4.98 Å². The van der Waals surface area contributed by atoms with Crippen molar-refractivity contribution in [2.75, 3.05) is 11.9 Å². The first-order valence-corrected chi connectivity index (χ1v) is 5.99. The van der Waals surface area contributed by atoms with Crippen LogP contribution in [0.3, 0.4) is 0 Å². The van der Waals surface area contributed by atoms with Crippen molar-refractivity contribution in [3.05, 3.63) is 58.2 Å². The number of aromatic nitrogens is 1. The van der Waals surface area contributed by atoms with E-state index in [0.29, 0.717) is 5.15 Å². The van der Waals surface area contributed by atoms with Crippen LogP contribution in [-0.4, -0.2) is 12.0 Å². The molecule has 0 atom stereocenters. The van der Waals surface area contributed by atoms with Gasteiger partial charge < -0.3 is 4.90 Å². The van der Waals surface area contributed by atoms with Gasteiger partial charge in [0.05, 0.1) is 0 Å². The van der Waals surface area contributed by atoms with Crippen LogP contribution in [0.2, 0.25) is 10.2 Å². The lowest BCUT2D eigenvalue weighted by molar-refractivity contribution is 0.898. The molecule has 0 radical (unpaired) electrons. The van der Waals surface area contributed by atoms with Crippen LogP contribution in [0.4, 0.5) is 5.82 Å². The molecule has 0 fully saturated rings. The van der Waals surface area contributed by atoms with E-state index in [9.17, 15) is 0 Å². The lowest BCUT2D eigenvalue weighted by Crippen LogP contribution is -2.17. The van der Waals surface area contributed by atoms with Gasteiger partial charge in [-0.05, 0) is 29.8 Å². The van der Waals surface area contributed by atoms with Crippen LogP contribution in [0.15, 0.2) is 42.5 Å². The zero-order valence-electron chi connectivity index (χ0n) is 9.40. The average Bonchev–Trinajstić information content (AvgIpc) is 2.32. The third kappa shape index (κ3) is 3.35. The van der Waals surface area contributed by atoms with Crippen LogP contribution < -0.4 is 4.90 Å². The number of anilines is 1. The molecule has 0 aliphatic carbocycles. The Morgan fingerprint density at radius 1 is 1.06 bits per heavy atom. The van der Waals surface area contributed by atoms with Crippen molar-refractivity contribution in [2.24, 2.45) is 0 Å². The Hall–Kier alpha value is -1.25. The molecule has 0 saturated carbocycles. The SMILES string of the molecule is CN(Cc1ccc(Cl)cc1)c1cccc(Cl)n1. The predicted octanol–water partition coefficient (Wildman–Crippen LogP) is 4.02. The molecule has 0 bridgehead atoms. The second-order valence-electron chi connectivity index (χ2n) is 3.80. The molecule has 1 heterocycles. The van der Waals surface area contributed by atoms with Crippen LogP contribution in [0, 0.1) is 0 Å². The van der Waals surface area contributed by atoms with E-state index in [1.807, 2.05) is 48.3 Å². The first-order valence-electron chi connectivity index (χ1n) is 5.23. The van der Waals surface area contributed by atoms with Crippen molar-refractivity contribution in [2.45, 2.75) is 6.54 Å². The molecule has 2 nitrogen and oxygen atoms in total. The third-order valence-corrected chi connectivity index (χ3v) is 2.89. The van der Waals surface area contributed by atoms with Gasteiger partial charge in [-0.15, -0.1) is 0 Å². The van der Waals surface area contributed by atoms with Crippen molar-refractivity contribution in [3.63, 3.8) is 0 Å². The maximum Gasteiger partial charge on any atom is 0.131 e. The van der Waals surface area contributed by atoms with E-state index in [1.54, 1.807) is 6.07 Å². The number of rotatable bonds is 3. The van der Waals surface area contributed by atoms with Crippen molar-refractivity contribution >= 4 is 29.0 Å². The van der Waals surface area contributed by atoms with Gasteiger partial charge in [0.15, 0.2) is 0 Å². The lowest BCUT2D eigenvalue weighted by atomic mass is 10.2. The largest absolute Gasteiger partial charge is 0.355 e. The maximum atomic E-state index is 5.86. The van der Waals surface area contributed by atoms with Crippen molar-refractivity contribution in [3.8, 4) is 0 Å². The fourth-order valence-corrected chi connectivity index (χ4v) is 1.84. The predicted molar refractivity (Wildman–Crippen MR) is 72.8 cm³/mol. The molecule has 0 amide bonds. The summed E-state index contributed by atoms with van der Waals surface area (Å²) in [5, 5.41) is 1.25. The van der Waals surface area contributed by atoms with Gasteiger partial charge in [-0.25, -0.2) is 4.98 Å². The highest BCUT2D eigenvalue weighted by molar-refractivity contribution is 6.30. The standard InChI is InChI=1S/C13H12Cl2N2/c1-17(13-4-2-3-12(15)16-13)9-10-5-7-11(14)8-6-10/h2-8H,9H2,1H3. The minimum absolute atomic E-state index is 0.505. The second-order valence-corrected chi connectivity index (χ2v) is 4.62. The smallest absolute Gasteiger partial charge is 0.131 e. The van der Waals surface area contributed by atoms with Crippen molar-refractivity contribution in [1.29, 1.82) is 0 Å². The lowest BCUT2D eigenvalue weighted by Gasteiger charge is -2.18. The van der Waals surface area contributed by atoms with Gasteiger partial charge in [-0.3, -0.25) is 0 Å². The van der Waals surface area contributed by atoms with E-state index in [4.69, 9.17) is 23.2 Å². The summed E-state index contributed by atoms with van der Waals surface area (Å²) in [6, 6.07) is 13.4. The summed E-state index contributed by atoms with van der Waals surface area (Å²) in [5.74, 6) is 0.854. The molecule has 0 spiro atoms.